The van der Waals surface area contributed by atoms with E-state index in [-0.39, 0.29) is 41.3 Å². The van der Waals surface area contributed by atoms with Crippen molar-refractivity contribution in [1.82, 2.24) is 29.8 Å². The molecule has 0 bridgehead atoms. The topological polar surface area (TPSA) is 146 Å². The number of rotatable bonds is 10. The van der Waals surface area contributed by atoms with Gasteiger partial charge in [0.2, 0.25) is 11.8 Å². The van der Waals surface area contributed by atoms with E-state index < -0.39 is 29.7 Å². The molecule has 0 spiro atoms. The van der Waals surface area contributed by atoms with Crippen LogP contribution in [0.3, 0.4) is 0 Å². The van der Waals surface area contributed by atoms with Crippen LogP contribution < -0.4 is 20.9 Å². The van der Waals surface area contributed by atoms with Crippen molar-refractivity contribution in [3.05, 3.63) is 116 Å². The zero-order valence-electron chi connectivity index (χ0n) is 29.7. The molecule has 2 fully saturated rings. The molecule has 1 unspecified atom stereocenters. The van der Waals surface area contributed by atoms with Crippen LogP contribution in [-0.4, -0.2) is 87.4 Å². The highest BCUT2D eigenvalue weighted by atomic mass is 79.9. The summed E-state index contributed by atoms with van der Waals surface area (Å²) in [6, 6.07) is 20.3. The standard InChI is InChI=1S/C39H40BrN7O6/c1-44(19-23-7-11-25(12-8-23)26-17-27(22-45(2)21-26)42-30-18-41-46(3)39(52)35(30)40)20-24-9-13-28(14-10-24)53-32-6-4-5-29-34(32)38(51)47(37(29)50)31-15-16-33(48)43-36(31)49/h4-14,18,26-27,31,42H,15-17,19-22H2,1-3H3,(H,43,48,49)/t26-,27+,31?/m1/s1. The average Bonchev–Trinajstić information content (AvgIpc) is 3.39. The van der Waals surface area contributed by atoms with E-state index in [0.29, 0.717) is 28.4 Å². The average molecular weight is 783 g/mol. The second-order valence-electron chi connectivity index (χ2n) is 14.1. The summed E-state index contributed by atoms with van der Waals surface area (Å²) in [5.41, 5.74) is 4.37. The lowest BCUT2D eigenvalue weighted by atomic mass is 9.87. The van der Waals surface area contributed by atoms with Crippen LogP contribution in [0.4, 0.5) is 5.69 Å². The van der Waals surface area contributed by atoms with E-state index in [9.17, 15) is 24.0 Å². The molecule has 0 saturated carbocycles. The fourth-order valence-electron chi connectivity index (χ4n) is 7.43. The fraction of sp³-hybridized carbons (Fsp3) is 0.333. The highest BCUT2D eigenvalue weighted by Gasteiger charge is 2.46. The molecule has 4 aromatic rings. The lowest BCUT2D eigenvalue weighted by molar-refractivity contribution is -0.136. The van der Waals surface area contributed by atoms with Crippen molar-refractivity contribution in [3.8, 4) is 11.5 Å². The van der Waals surface area contributed by atoms with Gasteiger partial charge in [0.05, 0.1) is 23.0 Å². The third kappa shape index (κ3) is 7.66. The summed E-state index contributed by atoms with van der Waals surface area (Å²) in [6.45, 7) is 3.28. The van der Waals surface area contributed by atoms with Crippen molar-refractivity contribution >= 4 is 45.2 Å². The number of nitrogens with zero attached hydrogens (tertiary/aromatic N) is 5. The predicted molar refractivity (Wildman–Crippen MR) is 201 cm³/mol. The zero-order valence-corrected chi connectivity index (χ0v) is 31.3. The van der Waals surface area contributed by atoms with Crippen LogP contribution in [0, 0.1) is 0 Å². The Morgan fingerprint density at radius 3 is 2.32 bits per heavy atom. The Hall–Kier alpha value is -5.18. The number of hydrogen-bond acceptors (Lipinski definition) is 10. The van der Waals surface area contributed by atoms with E-state index in [4.69, 9.17) is 4.74 Å². The number of fused-ring (bicyclic) bond motifs is 1. The normalized spacial score (nSPS) is 20.5. The van der Waals surface area contributed by atoms with Crippen LogP contribution in [-0.2, 0) is 29.7 Å². The third-order valence-corrected chi connectivity index (χ3v) is 10.8. The lowest BCUT2D eigenvalue weighted by Crippen LogP contribution is -2.54. The number of carbonyl (C=O) groups is 4. The number of amides is 4. The van der Waals surface area contributed by atoms with Crippen molar-refractivity contribution in [2.75, 3.05) is 32.5 Å². The molecule has 2 N–H and O–H groups in total. The van der Waals surface area contributed by atoms with Crippen molar-refractivity contribution in [1.29, 1.82) is 0 Å². The van der Waals surface area contributed by atoms with Crippen molar-refractivity contribution in [2.45, 2.75) is 50.4 Å². The molecule has 0 aliphatic carbocycles. The smallest absolute Gasteiger partial charge is 0.282 e. The number of piperidine rings is 2. The van der Waals surface area contributed by atoms with Crippen LogP contribution in [0.2, 0.25) is 0 Å². The van der Waals surface area contributed by atoms with Gasteiger partial charge in [-0.05, 0) is 89.7 Å². The first kappa shape index (κ1) is 36.2. The quantitative estimate of drug-likeness (QED) is 0.224. The highest BCUT2D eigenvalue weighted by molar-refractivity contribution is 9.10. The summed E-state index contributed by atoms with van der Waals surface area (Å²) < 4.78 is 7.90. The van der Waals surface area contributed by atoms with E-state index in [2.05, 4.69) is 79.8 Å². The minimum atomic E-state index is -1.04. The Kier molecular flexibility index (Phi) is 10.3. The Labute approximate surface area is 315 Å². The number of likely N-dealkylation sites (N-methyl/N-ethyl adjacent to an activating group) is 1. The molecule has 3 atom stereocenters. The van der Waals surface area contributed by atoms with E-state index in [0.717, 1.165) is 36.5 Å². The molecule has 3 aliphatic rings. The molecule has 53 heavy (non-hydrogen) atoms. The van der Waals surface area contributed by atoms with E-state index in [1.165, 1.54) is 15.8 Å². The lowest BCUT2D eigenvalue weighted by Gasteiger charge is -2.37. The Balaban J connectivity index is 0.942. The fourth-order valence-corrected chi connectivity index (χ4v) is 7.90. The van der Waals surface area contributed by atoms with Crippen molar-refractivity contribution < 1.29 is 23.9 Å². The molecular weight excluding hydrogens is 742 g/mol. The molecule has 1 aromatic heterocycles. The SMILES string of the molecule is CN(Cc1ccc(Oc2cccc3c2C(=O)N(C2CCC(=O)NC2=O)C3=O)cc1)Cc1ccc([C@@H]2C[C@H](Nc3cnn(C)c(=O)c3Br)CN(C)C2)cc1. The first-order valence-electron chi connectivity index (χ1n) is 17.5. The monoisotopic (exact) mass is 781 g/mol. The van der Waals surface area contributed by atoms with Gasteiger partial charge in [-0.15, -0.1) is 0 Å². The van der Waals surface area contributed by atoms with Crippen LogP contribution in [0.1, 0.15) is 62.6 Å². The number of carbonyl (C=O) groups excluding carboxylic acids is 4. The highest BCUT2D eigenvalue weighted by Crippen LogP contribution is 2.36. The Bertz CT molecular complexity index is 2140. The molecule has 3 aromatic carbocycles. The maximum absolute atomic E-state index is 13.4. The summed E-state index contributed by atoms with van der Waals surface area (Å²) in [5, 5.41) is 9.90. The van der Waals surface area contributed by atoms with Gasteiger partial charge in [0.25, 0.3) is 17.4 Å². The molecule has 13 nitrogen and oxygen atoms in total. The van der Waals surface area contributed by atoms with Gasteiger partial charge in [-0.2, -0.15) is 5.10 Å². The van der Waals surface area contributed by atoms with Crippen molar-refractivity contribution in [2.24, 2.45) is 7.05 Å². The number of likely N-dealkylation sites (tertiary alicyclic amines) is 1. The number of aromatic nitrogens is 2. The second-order valence-corrected chi connectivity index (χ2v) is 14.9. The van der Waals surface area contributed by atoms with Gasteiger partial charge >= 0.3 is 0 Å². The molecule has 274 valence electrons. The summed E-state index contributed by atoms with van der Waals surface area (Å²) >= 11 is 3.43. The van der Waals surface area contributed by atoms with Gasteiger partial charge in [0, 0.05) is 45.7 Å². The zero-order chi connectivity index (χ0) is 37.4. The number of anilines is 1. The van der Waals surface area contributed by atoms with Gasteiger partial charge in [-0.25, -0.2) is 4.68 Å². The van der Waals surface area contributed by atoms with Gasteiger partial charge < -0.3 is 15.0 Å². The van der Waals surface area contributed by atoms with Crippen LogP contribution in [0.5, 0.6) is 11.5 Å². The van der Waals surface area contributed by atoms with E-state index >= 15 is 0 Å². The summed E-state index contributed by atoms with van der Waals surface area (Å²) in [6.07, 6.45) is 2.76. The Morgan fingerprint density at radius 1 is 0.925 bits per heavy atom. The van der Waals surface area contributed by atoms with Crippen LogP contribution in [0.15, 0.2) is 82.2 Å². The molecule has 3 aliphatic heterocycles. The van der Waals surface area contributed by atoms with E-state index in [1.807, 2.05) is 24.3 Å². The third-order valence-electron chi connectivity index (χ3n) is 10.0. The Morgan fingerprint density at radius 2 is 1.62 bits per heavy atom. The number of imide groups is 2. The summed E-state index contributed by atoms with van der Waals surface area (Å²) in [4.78, 5) is 68.5. The minimum Gasteiger partial charge on any atom is -0.457 e. The van der Waals surface area contributed by atoms with Crippen LogP contribution >= 0.6 is 15.9 Å². The summed E-state index contributed by atoms with van der Waals surface area (Å²) in [7, 11) is 5.82. The number of ether oxygens (including phenoxy) is 1. The molecule has 2 saturated heterocycles. The molecular formula is C39H40BrN7O6. The maximum Gasteiger partial charge on any atom is 0.282 e. The maximum atomic E-state index is 13.4. The minimum absolute atomic E-state index is 0.0528. The molecule has 14 heteroatoms. The van der Waals surface area contributed by atoms with Gasteiger partial charge in [-0.3, -0.25) is 39.1 Å². The second kappa shape index (κ2) is 15.0. The van der Waals surface area contributed by atoms with Crippen LogP contribution in [0.25, 0.3) is 0 Å². The molecule has 4 heterocycles. The molecule has 0 radical (unpaired) electrons. The number of hydrogen-bond donors (Lipinski definition) is 2. The number of aryl methyl sites for hydroxylation is 1. The number of benzene rings is 3. The van der Waals surface area contributed by atoms with Gasteiger partial charge in [-0.1, -0.05) is 42.5 Å². The number of nitrogens with one attached hydrogen (secondary N) is 2. The number of halogens is 1. The van der Waals surface area contributed by atoms with E-state index in [1.54, 1.807) is 31.4 Å². The first-order chi connectivity index (χ1) is 25.4. The van der Waals surface area contributed by atoms with Gasteiger partial charge in [0.15, 0.2) is 0 Å². The molecule has 4 amide bonds. The molecule has 7 rings (SSSR count). The largest absolute Gasteiger partial charge is 0.457 e. The van der Waals surface area contributed by atoms with Gasteiger partial charge in [0.1, 0.15) is 22.0 Å². The predicted octanol–water partition coefficient (Wildman–Crippen LogP) is 4.27. The summed E-state index contributed by atoms with van der Waals surface area (Å²) in [5.74, 6) is -1.19. The first-order valence-corrected chi connectivity index (χ1v) is 18.3. The van der Waals surface area contributed by atoms with Crippen molar-refractivity contribution in [3.63, 3.8) is 0 Å².